The van der Waals surface area contributed by atoms with Gasteiger partial charge in [-0.25, -0.2) is 0 Å². The van der Waals surface area contributed by atoms with Gasteiger partial charge in [0.15, 0.2) is 0 Å². The molecule has 30 heavy (non-hydrogen) atoms. The molecule has 5 rings (SSSR count). The number of benzene rings is 3. The highest BCUT2D eigenvalue weighted by atomic mass is 32.1. The fourth-order valence-corrected chi connectivity index (χ4v) is 5.56. The normalized spacial score (nSPS) is 11.6. The second-order valence-electron chi connectivity index (χ2n) is 8.39. The van der Waals surface area contributed by atoms with Gasteiger partial charge in [0.05, 0.1) is 5.69 Å². The van der Waals surface area contributed by atoms with E-state index in [1.807, 2.05) is 17.5 Å². The average molecular weight is 408 g/mol. The van der Waals surface area contributed by atoms with Gasteiger partial charge in [0.2, 0.25) is 0 Å². The van der Waals surface area contributed by atoms with E-state index in [1.165, 1.54) is 53.6 Å². The average Bonchev–Trinajstić information content (AvgIpc) is 3.12. The van der Waals surface area contributed by atoms with E-state index in [-0.39, 0.29) is 0 Å². The minimum Gasteiger partial charge on any atom is -0.256 e. The van der Waals surface area contributed by atoms with Crippen LogP contribution in [0.15, 0.2) is 72.9 Å². The Balaban J connectivity index is 1.73. The van der Waals surface area contributed by atoms with Gasteiger partial charge >= 0.3 is 0 Å². The third-order valence-electron chi connectivity index (χ3n) is 5.99. The second-order valence-corrected chi connectivity index (χ2v) is 9.44. The van der Waals surface area contributed by atoms with E-state index in [4.69, 9.17) is 0 Å². The lowest BCUT2D eigenvalue weighted by molar-refractivity contribution is 0.864. The van der Waals surface area contributed by atoms with Crippen molar-refractivity contribution in [2.24, 2.45) is 0 Å². The van der Waals surface area contributed by atoms with Gasteiger partial charge in [0.25, 0.3) is 0 Å². The molecule has 0 bridgehead atoms. The van der Waals surface area contributed by atoms with E-state index in [9.17, 15) is 0 Å². The van der Waals surface area contributed by atoms with E-state index < -0.39 is 0 Å². The number of hydrogen-bond donors (Lipinski definition) is 0. The molecular weight excluding hydrogens is 382 g/mol. The highest BCUT2D eigenvalue weighted by molar-refractivity contribution is 7.26. The third-order valence-corrected chi connectivity index (χ3v) is 7.21. The Morgan fingerprint density at radius 3 is 2.33 bits per heavy atom. The maximum atomic E-state index is 4.66. The van der Waals surface area contributed by atoms with Crippen molar-refractivity contribution >= 4 is 31.5 Å². The second kappa shape index (κ2) is 7.37. The summed E-state index contributed by atoms with van der Waals surface area (Å²) in [4.78, 5) is 4.66. The van der Waals surface area contributed by atoms with Crippen LogP contribution in [0.1, 0.15) is 36.5 Å². The van der Waals surface area contributed by atoms with E-state index in [0.29, 0.717) is 5.92 Å². The smallest absolute Gasteiger partial charge is 0.0705 e. The fourth-order valence-electron chi connectivity index (χ4n) is 4.36. The molecule has 0 aliphatic carbocycles. The summed E-state index contributed by atoms with van der Waals surface area (Å²) in [7, 11) is 0. The van der Waals surface area contributed by atoms with E-state index in [1.54, 1.807) is 0 Å². The summed E-state index contributed by atoms with van der Waals surface area (Å²) < 4.78 is 2.69. The Kier molecular flexibility index (Phi) is 4.67. The van der Waals surface area contributed by atoms with Gasteiger partial charge in [-0.2, -0.15) is 0 Å². The van der Waals surface area contributed by atoms with Crippen LogP contribution in [0.25, 0.3) is 42.6 Å². The van der Waals surface area contributed by atoms with Crippen molar-refractivity contribution < 1.29 is 0 Å². The van der Waals surface area contributed by atoms with Crippen LogP contribution in [0.5, 0.6) is 0 Å². The van der Waals surface area contributed by atoms with Crippen LogP contribution in [0.4, 0.5) is 0 Å². The Bertz CT molecular complexity index is 1370. The molecule has 0 N–H and O–H groups in total. The summed E-state index contributed by atoms with van der Waals surface area (Å²) in [6, 6.07) is 24.4. The first-order chi connectivity index (χ1) is 14.5. The highest BCUT2D eigenvalue weighted by Crippen LogP contribution is 2.42. The summed E-state index contributed by atoms with van der Waals surface area (Å²) >= 11 is 1.89. The van der Waals surface area contributed by atoms with Crippen molar-refractivity contribution in [3.63, 3.8) is 0 Å². The highest BCUT2D eigenvalue weighted by Gasteiger charge is 2.14. The number of nitrogens with zero attached hydrogens (tertiary/aromatic N) is 1. The fraction of sp³-hybridized carbons (Fsp3) is 0.179. The molecule has 148 valence electrons. The van der Waals surface area contributed by atoms with E-state index >= 15 is 0 Å². The Hall–Kier alpha value is -2.97. The Labute approximate surface area is 182 Å². The number of rotatable bonds is 3. The summed E-state index contributed by atoms with van der Waals surface area (Å²) in [5.41, 5.74) is 8.92. The quantitative estimate of drug-likeness (QED) is 0.292. The first-order valence-corrected chi connectivity index (χ1v) is 11.3. The zero-order valence-corrected chi connectivity index (χ0v) is 18.7. The molecule has 3 aromatic carbocycles. The molecular formula is C28H25NS. The molecule has 0 saturated carbocycles. The SMILES string of the molecule is Cc1cccc(C)c1-c1cccc2c1sc1ccc(-c3cc(C(C)C)ccn3)cc12. The Morgan fingerprint density at radius 1 is 0.800 bits per heavy atom. The molecule has 1 nitrogen and oxygen atoms in total. The van der Waals surface area contributed by atoms with Crippen LogP contribution in [0, 0.1) is 13.8 Å². The number of fused-ring (bicyclic) bond motifs is 3. The minimum absolute atomic E-state index is 0.498. The van der Waals surface area contributed by atoms with Crippen molar-refractivity contribution in [1.82, 2.24) is 4.98 Å². The molecule has 2 aromatic heterocycles. The lowest BCUT2D eigenvalue weighted by Gasteiger charge is -2.11. The van der Waals surface area contributed by atoms with Crippen molar-refractivity contribution in [1.29, 1.82) is 0 Å². The zero-order chi connectivity index (χ0) is 20.8. The monoisotopic (exact) mass is 407 g/mol. The molecule has 0 saturated heterocycles. The maximum Gasteiger partial charge on any atom is 0.0705 e. The minimum atomic E-state index is 0.498. The molecule has 0 unspecified atom stereocenters. The van der Waals surface area contributed by atoms with Gasteiger partial charge in [-0.1, -0.05) is 56.3 Å². The molecule has 0 amide bonds. The molecule has 0 fully saturated rings. The summed E-state index contributed by atoms with van der Waals surface area (Å²) in [6.45, 7) is 8.87. The van der Waals surface area contributed by atoms with Gasteiger partial charge in [0.1, 0.15) is 0 Å². The molecule has 0 atom stereocenters. The van der Waals surface area contributed by atoms with E-state index in [0.717, 1.165) is 5.69 Å². The predicted molar refractivity (Wildman–Crippen MR) is 132 cm³/mol. The first kappa shape index (κ1) is 19.0. The molecule has 2 heteroatoms. The summed E-state index contributed by atoms with van der Waals surface area (Å²) in [5.74, 6) is 0.498. The van der Waals surface area contributed by atoms with Gasteiger partial charge in [-0.05, 0) is 66.3 Å². The van der Waals surface area contributed by atoms with Crippen molar-refractivity contribution in [3.05, 3.63) is 89.6 Å². The molecule has 0 aliphatic rings. The molecule has 2 heterocycles. The van der Waals surface area contributed by atoms with E-state index in [2.05, 4.69) is 99.4 Å². The van der Waals surface area contributed by atoms with Crippen LogP contribution < -0.4 is 0 Å². The van der Waals surface area contributed by atoms with Crippen LogP contribution in [-0.2, 0) is 0 Å². The van der Waals surface area contributed by atoms with Gasteiger partial charge in [-0.3, -0.25) is 4.98 Å². The van der Waals surface area contributed by atoms with Crippen molar-refractivity contribution in [2.45, 2.75) is 33.6 Å². The van der Waals surface area contributed by atoms with Crippen molar-refractivity contribution in [3.8, 4) is 22.4 Å². The van der Waals surface area contributed by atoms with Crippen LogP contribution in [-0.4, -0.2) is 4.98 Å². The van der Waals surface area contributed by atoms with Crippen LogP contribution in [0.2, 0.25) is 0 Å². The Morgan fingerprint density at radius 2 is 1.57 bits per heavy atom. The molecule has 0 spiro atoms. The number of hydrogen-bond acceptors (Lipinski definition) is 2. The third kappa shape index (κ3) is 3.12. The lowest BCUT2D eigenvalue weighted by Crippen LogP contribution is -1.90. The first-order valence-electron chi connectivity index (χ1n) is 10.5. The lowest BCUT2D eigenvalue weighted by atomic mass is 9.94. The number of aryl methyl sites for hydroxylation is 2. The van der Waals surface area contributed by atoms with Gasteiger partial charge in [0, 0.05) is 37.5 Å². The van der Waals surface area contributed by atoms with Gasteiger partial charge in [-0.15, -0.1) is 11.3 Å². The van der Waals surface area contributed by atoms with Crippen molar-refractivity contribution in [2.75, 3.05) is 0 Å². The topological polar surface area (TPSA) is 12.9 Å². The predicted octanol–water partition coefficient (Wildman–Crippen LogP) is 8.52. The number of aromatic nitrogens is 1. The standard InChI is InChI=1S/C28H25NS/c1-17(2)20-13-14-29-25(16-20)21-11-12-26-24(15-21)22-9-6-10-23(28(22)30-26)27-18(3)7-5-8-19(27)4/h5-17H,1-4H3. The molecule has 0 radical (unpaired) electrons. The number of thiophene rings is 1. The summed E-state index contributed by atoms with van der Waals surface area (Å²) in [6.07, 6.45) is 1.93. The van der Waals surface area contributed by atoms with Gasteiger partial charge < -0.3 is 0 Å². The largest absolute Gasteiger partial charge is 0.256 e. The maximum absolute atomic E-state index is 4.66. The summed E-state index contributed by atoms with van der Waals surface area (Å²) in [5, 5.41) is 2.65. The number of pyridine rings is 1. The molecule has 0 aliphatic heterocycles. The van der Waals surface area contributed by atoms with Crippen LogP contribution >= 0.6 is 11.3 Å². The van der Waals surface area contributed by atoms with Crippen LogP contribution in [0.3, 0.4) is 0 Å². The zero-order valence-electron chi connectivity index (χ0n) is 17.9. The molecule has 5 aromatic rings.